The van der Waals surface area contributed by atoms with Crippen molar-refractivity contribution < 1.29 is 14.0 Å². The lowest BCUT2D eigenvalue weighted by molar-refractivity contribution is -0.123. The number of aromatic nitrogens is 2. The zero-order chi connectivity index (χ0) is 14.3. The molecule has 1 atom stereocenters. The SMILES string of the molecule is CCc1ncnc(N2CCC3(C2)NC(=O)NC3=O)c1F. The summed E-state index contributed by atoms with van der Waals surface area (Å²) in [7, 11) is 0. The molecule has 0 radical (unpaired) electrons. The van der Waals surface area contributed by atoms with Crippen molar-refractivity contribution in [2.24, 2.45) is 0 Å². The number of carbonyl (C=O) groups excluding carboxylic acids is 2. The number of hydrogen-bond acceptors (Lipinski definition) is 5. The Hall–Kier alpha value is -2.25. The molecule has 0 bridgehead atoms. The van der Waals surface area contributed by atoms with E-state index in [1.54, 1.807) is 4.90 Å². The van der Waals surface area contributed by atoms with E-state index >= 15 is 0 Å². The van der Waals surface area contributed by atoms with Gasteiger partial charge in [0, 0.05) is 6.54 Å². The minimum atomic E-state index is -0.971. The van der Waals surface area contributed by atoms with Crippen molar-refractivity contribution in [2.45, 2.75) is 25.3 Å². The molecule has 3 rings (SSSR count). The lowest BCUT2D eigenvalue weighted by Gasteiger charge is -2.22. The minimum absolute atomic E-state index is 0.183. The summed E-state index contributed by atoms with van der Waals surface area (Å²) >= 11 is 0. The van der Waals surface area contributed by atoms with Crippen molar-refractivity contribution in [2.75, 3.05) is 18.0 Å². The van der Waals surface area contributed by atoms with Gasteiger partial charge in [-0.3, -0.25) is 10.1 Å². The van der Waals surface area contributed by atoms with Crippen LogP contribution >= 0.6 is 0 Å². The van der Waals surface area contributed by atoms with E-state index in [2.05, 4.69) is 20.6 Å². The van der Waals surface area contributed by atoms with Gasteiger partial charge in [0.25, 0.3) is 5.91 Å². The summed E-state index contributed by atoms with van der Waals surface area (Å²) in [4.78, 5) is 32.6. The van der Waals surface area contributed by atoms with Gasteiger partial charge in [0.05, 0.1) is 12.2 Å². The van der Waals surface area contributed by atoms with Crippen molar-refractivity contribution in [1.29, 1.82) is 0 Å². The maximum atomic E-state index is 14.2. The summed E-state index contributed by atoms with van der Waals surface area (Å²) in [6, 6.07) is -0.505. The van der Waals surface area contributed by atoms with Crippen LogP contribution < -0.4 is 15.5 Å². The number of carbonyl (C=O) groups is 2. The van der Waals surface area contributed by atoms with Crippen LogP contribution in [-0.4, -0.2) is 40.5 Å². The molecule has 2 fully saturated rings. The van der Waals surface area contributed by atoms with E-state index in [9.17, 15) is 14.0 Å². The molecule has 0 saturated carbocycles. The molecule has 0 aliphatic carbocycles. The standard InChI is InChI=1S/C12H14FN5O2/c1-2-7-8(13)9(15-6-14-7)18-4-3-12(5-18)10(19)16-11(20)17-12/h6H,2-5H2,1H3,(H2,16,17,19,20). The van der Waals surface area contributed by atoms with Crippen molar-refractivity contribution in [3.63, 3.8) is 0 Å². The molecule has 0 aromatic carbocycles. The number of aryl methyl sites for hydroxylation is 1. The number of urea groups is 1. The first-order chi connectivity index (χ1) is 9.55. The van der Waals surface area contributed by atoms with E-state index in [-0.39, 0.29) is 18.3 Å². The van der Waals surface area contributed by atoms with Gasteiger partial charge in [-0.2, -0.15) is 0 Å². The van der Waals surface area contributed by atoms with Gasteiger partial charge in [-0.1, -0.05) is 6.92 Å². The van der Waals surface area contributed by atoms with Gasteiger partial charge >= 0.3 is 6.03 Å². The summed E-state index contributed by atoms with van der Waals surface area (Å²) < 4.78 is 14.2. The summed E-state index contributed by atoms with van der Waals surface area (Å²) in [5.41, 5.74) is -0.628. The predicted molar refractivity (Wildman–Crippen MR) is 67.6 cm³/mol. The normalized spacial score (nSPS) is 25.2. The highest BCUT2D eigenvalue weighted by atomic mass is 19.1. The van der Waals surface area contributed by atoms with Crippen LogP contribution in [0.2, 0.25) is 0 Å². The quantitative estimate of drug-likeness (QED) is 0.742. The van der Waals surface area contributed by atoms with Gasteiger partial charge < -0.3 is 10.2 Å². The predicted octanol–water partition coefficient (Wildman–Crippen LogP) is -0.0336. The Kier molecular flexibility index (Phi) is 2.81. The number of nitrogens with zero attached hydrogens (tertiary/aromatic N) is 3. The number of nitrogens with one attached hydrogen (secondary N) is 2. The lowest BCUT2D eigenvalue weighted by atomic mass is 10.00. The molecule has 2 N–H and O–H groups in total. The fourth-order valence-electron chi connectivity index (χ4n) is 2.67. The minimum Gasteiger partial charge on any atom is -0.351 e. The number of anilines is 1. The van der Waals surface area contributed by atoms with Crippen LogP contribution in [-0.2, 0) is 11.2 Å². The zero-order valence-electron chi connectivity index (χ0n) is 10.9. The average molecular weight is 279 g/mol. The zero-order valence-corrected chi connectivity index (χ0v) is 10.9. The number of hydrogen-bond donors (Lipinski definition) is 2. The van der Waals surface area contributed by atoms with E-state index in [4.69, 9.17) is 0 Å². The Morgan fingerprint density at radius 2 is 2.25 bits per heavy atom. The Morgan fingerprint density at radius 3 is 2.90 bits per heavy atom. The Labute approximate surface area is 114 Å². The number of rotatable bonds is 2. The monoisotopic (exact) mass is 279 g/mol. The molecule has 1 aromatic heterocycles. The van der Waals surface area contributed by atoms with Gasteiger partial charge in [0.2, 0.25) is 0 Å². The Morgan fingerprint density at radius 1 is 1.45 bits per heavy atom. The van der Waals surface area contributed by atoms with Crippen LogP contribution in [0.15, 0.2) is 6.33 Å². The molecule has 7 nitrogen and oxygen atoms in total. The van der Waals surface area contributed by atoms with E-state index in [0.717, 1.165) is 0 Å². The van der Waals surface area contributed by atoms with Gasteiger partial charge in [-0.15, -0.1) is 0 Å². The first kappa shape index (κ1) is 12.8. The summed E-state index contributed by atoms with van der Waals surface area (Å²) in [5.74, 6) is -0.644. The highest BCUT2D eigenvalue weighted by Crippen LogP contribution is 2.29. The molecule has 1 spiro atoms. The molecule has 2 aliphatic rings. The summed E-state index contributed by atoms with van der Waals surface area (Å²) in [6.45, 7) is 2.47. The molecular formula is C12H14FN5O2. The molecule has 2 aliphatic heterocycles. The molecule has 106 valence electrons. The second-order valence-corrected chi connectivity index (χ2v) is 4.97. The Balaban J connectivity index is 1.88. The van der Waals surface area contributed by atoms with E-state index in [0.29, 0.717) is 25.1 Å². The van der Waals surface area contributed by atoms with Gasteiger partial charge in [-0.05, 0) is 12.8 Å². The highest BCUT2D eigenvalue weighted by Gasteiger charge is 2.51. The van der Waals surface area contributed by atoms with Crippen LogP contribution in [0.5, 0.6) is 0 Å². The van der Waals surface area contributed by atoms with Crippen molar-refractivity contribution in [1.82, 2.24) is 20.6 Å². The molecule has 3 amide bonds. The van der Waals surface area contributed by atoms with Crippen LogP contribution in [0.4, 0.5) is 15.0 Å². The third-order valence-corrected chi connectivity index (χ3v) is 3.76. The van der Waals surface area contributed by atoms with Gasteiger partial charge in [-0.25, -0.2) is 19.2 Å². The topological polar surface area (TPSA) is 87.2 Å². The first-order valence-electron chi connectivity index (χ1n) is 6.43. The molecular weight excluding hydrogens is 265 g/mol. The highest BCUT2D eigenvalue weighted by molar-refractivity contribution is 6.07. The molecule has 1 aromatic rings. The third-order valence-electron chi connectivity index (χ3n) is 3.76. The van der Waals surface area contributed by atoms with Crippen LogP contribution in [0, 0.1) is 5.82 Å². The van der Waals surface area contributed by atoms with Crippen molar-refractivity contribution >= 4 is 17.8 Å². The van der Waals surface area contributed by atoms with Crippen LogP contribution in [0.1, 0.15) is 19.0 Å². The second-order valence-electron chi connectivity index (χ2n) is 4.97. The fourth-order valence-corrected chi connectivity index (χ4v) is 2.67. The van der Waals surface area contributed by atoms with Crippen molar-refractivity contribution in [3.8, 4) is 0 Å². The smallest absolute Gasteiger partial charge is 0.322 e. The number of halogens is 1. The summed E-state index contributed by atoms with van der Waals surface area (Å²) in [5, 5.41) is 4.84. The maximum Gasteiger partial charge on any atom is 0.322 e. The first-order valence-corrected chi connectivity index (χ1v) is 6.43. The summed E-state index contributed by atoms with van der Waals surface area (Å²) in [6.07, 6.45) is 2.21. The van der Waals surface area contributed by atoms with E-state index in [1.165, 1.54) is 6.33 Å². The molecule has 8 heteroatoms. The van der Waals surface area contributed by atoms with Gasteiger partial charge in [0.1, 0.15) is 11.9 Å². The van der Waals surface area contributed by atoms with Crippen LogP contribution in [0.3, 0.4) is 0 Å². The average Bonchev–Trinajstić information content (AvgIpc) is 2.95. The van der Waals surface area contributed by atoms with E-state index < -0.39 is 17.4 Å². The van der Waals surface area contributed by atoms with Crippen LogP contribution in [0.25, 0.3) is 0 Å². The van der Waals surface area contributed by atoms with E-state index in [1.807, 2.05) is 6.92 Å². The Bertz CT molecular complexity index is 593. The maximum absolute atomic E-state index is 14.2. The second kappa shape index (κ2) is 4.39. The molecule has 3 heterocycles. The molecule has 2 saturated heterocycles. The fraction of sp³-hybridized carbons (Fsp3) is 0.500. The third kappa shape index (κ3) is 1.79. The van der Waals surface area contributed by atoms with Gasteiger partial charge in [0.15, 0.2) is 11.6 Å². The number of amides is 3. The molecule has 20 heavy (non-hydrogen) atoms. The number of imide groups is 1. The molecule has 1 unspecified atom stereocenters. The largest absolute Gasteiger partial charge is 0.351 e. The van der Waals surface area contributed by atoms with Crippen molar-refractivity contribution in [3.05, 3.63) is 17.8 Å². The lowest BCUT2D eigenvalue weighted by Crippen LogP contribution is -2.49.